The van der Waals surface area contributed by atoms with Crippen molar-refractivity contribution in [3.63, 3.8) is 0 Å². The number of rotatable bonds is 6. The summed E-state index contributed by atoms with van der Waals surface area (Å²) in [6.45, 7) is 5.48. The maximum Gasteiger partial charge on any atom is 0.341 e. The van der Waals surface area contributed by atoms with E-state index in [4.69, 9.17) is 10.5 Å². The van der Waals surface area contributed by atoms with E-state index >= 15 is 0 Å². The molecule has 0 saturated carbocycles. The smallest absolute Gasteiger partial charge is 0.341 e. The first-order valence-corrected chi connectivity index (χ1v) is 9.01. The Labute approximate surface area is 156 Å². The van der Waals surface area contributed by atoms with Gasteiger partial charge in [-0.05, 0) is 37.0 Å². The van der Waals surface area contributed by atoms with E-state index in [1.165, 1.54) is 7.11 Å². The van der Waals surface area contributed by atoms with E-state index in [1.807, 2.05) is 38.1 Å². The monoisotopic (exact) mass is 374 g/mol. The highest BCUT2D eigenvalue weighted by atomic mass is 32.1. The summed E-state index contributed by atoms with van der Waals surface area (Å²) in [5.41, 5.74) is 7.89. The van der Waals surface area contributed by atoms with Crippen LogP contribution in [0, 0.1) is 13.8 Å². The van der Waals surface area contributed by atoms with Crippen molar-refractivity contribution < 1.29 is 19.1 Å². The van der Waals surface area contributed by atoms with E-state index in [2.05, 4.69) is 5.32 Å². The number of hydrogen-bond acceptors (Lipinski definition) is 5. The fourth-order valence-corrected chi connectivity index (χ4v) is 3.96. The zero-order valence-electron chi connectivity index (χ0n) is 15.2. The highest BCUT2D eigenvalue weighted by molar-refractivity contribution is 7.18. The van der Waals surface area contributed by atoms with E-state index in [1.54, 1.807) is 6.92 Å². The Morgan fingerprint density at radius 3 is 2.42 bits per heavy atom. The van der Waals surface area contributed by atoms with Crippen LogP contribution in [0.4, 0.5) is 5.00 Å². The van der Waals surface area contributed by atoms with Gasteiger partial charge in [-0.2, -0.15) is 0 Å². The molecule has 0 fully saturated rings. The van der Waals surface area contributed by atoms with Crippen molar-refractivity contribution >= 4 is 34.1 Å². The Morgan fingerprint density at radius 2 is 1.88 bits per heavy atom. The zero-order chi connectivity index (χ0) is 19.4. The molecule has 0 spiro atoms. The van der Waals surface area contributed by atoms with Gasteiger partial charge in [-0.1, -0.05) is 31.2 Å². The molecule has 0 saturated heterocycles. The van der Waals surface area contributed by atoms with E-state index in [0.29, 0.717) is 12.0 Å². The lowest BCUT2D eigenvalue weighted by molar-refractivity contribution is -0.117. The minimum Gasteiger partial charge on any atom is -0.465 e. The van der Waals surface area contributed by atoms with E-state index in [-0.39, 0.29) is 27.3 Å². The van der Waals surface area contributed by atoms with Gasteiger partial charge in [-0.25, -0.2) is 4.79 Å². The highest BCUT2D eigenvalue weighted by Crippen LogP contribution is 2.35. The number of nitrogens with one attached hydrogen (secondary N) is 1. The molecule has 1 unspecified atom stereocenters. The number of esters is 1. The van der Waals surface area contributed by atoms with Crippen LogP contribution < -0.4 is 11.1 Å². The molecule has 0 aliphatic rings. The molecule has 0 radical (unpaired) electrons. The summed E-state index contributed by atoms with van der Waals surface area (Å²) in [6.07, 6.45) is 0.595. The standard InChI is InChI=1S/C19H22N2O4S/c1-5-12(13-9-7-6-8-10(13)2)17(23)21-18-14(19(24)25-4)11(3)15(26-18)16(20)22/h6-9,12H,5H2,1-4H3,(H2,20,22)(H,21,23). The lowest BCUT2D eigenvalue weighted by atomic mass is 9.92. The predicted octanol–water partition coefficient (Wildman–Crippen LogP) is 3.38. The number of ether oxygens (including phenoxy) is 1. The van der Waals surface area contributed by atoms with Crippen LogP contribution in [0.5, 0.6) is 0 Å². The number of carbonyl (C=O) groups is 3. The molecule has 6 nitrogen and oxygen atoms in total. The average Bonchev–Trinajstić information content (AvgIpc) is 2.93. The SMILES string of the molecule is CCC(C(=O)Nc1sc(C(N)=O)c(C)c1C(=O)OC)c1ccccc1C. The van der Waals surface area contributed by atoms with Gasteiger partial charge in [0.1, 0.15) is 5.00 Å². The second-order valence-electron chi connectivity index (χ2n) is 5.92. The summed E-state index contributed by atoms with van der Waals surface area (Å²) < 4.78 is 4.79. The number of methoxy groups -OCH3 is 1. The summed E-state index contributed by atoms with van der Waals surface area (Å²) >= 11 is 0.986. The molecule has 1 aromatic carbocycles. The van der Waals surface area contributed by atoms with Gasteiger partial charge in [0.2, 0.25) is 5.91 Å². The van der Waals surface area contributed by atoms with Crippen molar-refractivity contribution in [2.24, 2.45) is 5.73 Å². The van der Waals surface area contributed by atoms with Crippen molar-refractivity contribution in [2.45, 2.75) is 33.1 Å². The molecule has 2 rings (SSSR count). The lowest BCUT2D eigenvalue weighted by Crippen LogP contribution is -2.22. The fraction of sp³-hybridized carbons (Fsp3) is 0.316. The second kappa shape index (κ2) is 8.14. The normalized spacial score (nSPS) is 11.7. The van der Waals surface area contributed by atoms with Crippen molar-refractivity contribution in [1.29, 1.82) is 0 Å². The third kappa shape index (κ3) is 3.77. The third-order valence-corrected chi connectivity index (χ3v) is 5.51. The summed E-state index contributed by atoms with van der Waals surface area (Å²) in [5.74, 6) is -1.89. The van der Waals surface area contributed by atoms with Gasteiger partial charge < -0.3 is 15.8 Å². The molecule has 7 heteroatoms. The van der Waals surface area contributed by atoms with E-state index in [0.717, 1.165) is 22.5 Å². The zero-order valence-corrected chi connectivity index (χ0v) is 16.0. The molecule has 26 heavy (non-hydrogen) atoms. The van der Waals surface area contributed by atoms with Crippen LogP contribution >= 0.6 is 11.3 Å². The molecule has 0 aliphatic carbocycles. The van der Waals surface area contributed by atoms with Crippen LogP contribution in [0.15, 0.2) is 24.3 Å². The third-order valence-electron chi connectivity index (χ3n) is 4.29. The number of nitrogens with two attached hydrogens (primary N) is 1. The van der Waals surface area contributed by atoms with E-state index in [9.17, 15) is 14.4 Å². The minimum absolute atomic E-state index is 0.166. The van der Waals surface area contributed by atoms with Gasteiger partial charge >= 0.3 is 5.97 Å². The molecule has 1 aromatic heterocycles. The predicted molar refractivity (Wildman–Crippen MR) is 102 cm³/mol. The van der Waals surface area contributed by atoms with Gasteiger partial charge in [0.25, 0.3) is 5.91 Å². The lowest BCUT2D eigenvalue weighted by Gasteiger charge is -2.17. The van der Waals surface area contributed by atoms with E-state index < -0.39 is 11.9 Å². The Bertz CT molecular complexity index is 857. The largest absolute Gasteiger partial charge is 0.465 e. The van der Waals surface area contributed by atoms with Crippen LogP contribution in [0.25, 0.3) is 0 Å². The molecular formula is C19H22N2O4S. The Hall–Kier alpha value is -2.67. The van der Waals surface area contributed by atoms with Crippen LogP contribution in [0.1, 0.15) is 56.0 Å². The first kappa shape index (κ1) is 19.7. The summed E-state index contributed by atoms with van der Waals surface area (Å²) in [6, 6.07) is 7.67. The molecule has 2 amide bonds. The first-order chi connectivity index (χ1) is 12.3. The quantitative estimate of drug-likeness (QED) is 0.757. The molecule has 0 aliphatic heterocycles. The maximum absolute atomic E-state index is 12.9. The van der Waals surface area contributed by atoms with Crippen molar-refractivity contribution in [1.82, 2.24) is 0 Å². The summed E-state index contributed by atoms with van der Waals surface area (Å²) in [7, 11) is 1.25. The Kier molecular flexibility index (Phi) is 6.15. The number of aryl methyl sites for hydroxylation is 1. The fourth-order valence-electron chi connectivity index (χ4n) is 2.91. The number of thiophene rings is 1. The number of benzene rings is 1. The molecule has 1 atom stereocenters. The molecule has 0 bridgehead atoms. The summed E-state index contributed by atoms with van der Waals surface area (Å²) in [4.78, 5) is 36.8. The van der Waals surface area contributed by atoms with Gasteiger partial charge in [-0.3, -0.25) is 9.59 Å². The van der Waals surface area contributed by atoms with Crippen molar-refractivity contribution in [3.8, 4) is 0 Å². The summed E-state index contributed by atoms with van der Waals surface area (Å²) in [5, 5.41) is 3.07. The molecule has 138 valence electrons. The second-order valence-corrected chi connectivity index (χ2v) is 6.94. The van der Waals surface area contributed by atoms with Crippen molar-refractivity contribution in [3.05, 3.63) is 51.4 Å². The van der Waals surface area contributed by atoms with Gasteiger partial charge in [-0.15, -0.1) is 11.3 Å². The van der Waals surface area contributed by atoms with Crippen LogP contribution in [-0.2, 0) is 9.53 Å². The number of hydrogen-bond donors (Lipinski definition) is 2. The maximum atomic E-state index is 12.9. The van der Waals surface area contributed by atoms with Gasteiger partial charge in [0.15, 0.2) is 0 Å². The Balaban J connectivity index is 2.42. The average molecular weight is 374 g/mol. The molecule has 3 N–H and O–H groups in total. The molecular weight excluding hydrogens is 352 g/mol. The highest BCUT2D eigenvalue weighted by Gasteiger charge is 2.27. The molecule has 1 heterocycles. The van der Waals surface area contributed by atoms with Crippen LogP contribution in [-0.4, -0.2) is 24.9 Å². The minimum atomic E-state index is -0.649. The number of primary amides is 1. The number of amides is 2. The number of anilines is 1. The van der Waals surface area contributed by atoms with Gasteiger partial charge in [0.05, 0.1) is 23.5 Å². The van der Waals surface area contributed by atoms with Gasteiger partial charge in [0, 0.05) is 0 Å². The topological polar surface area (TPSA) is 98.5 Å². The molecule has 2 aromatic rings. The number of carbonyl (C=O) groups excluding carboxylic acids is 3. The Morgan fingerprint density at radius 1 is 1.23 bits per heavy atom. The first-order valence-electron chi connectivity index (χ1n) is 8.19. The van der Waals surface area contributed by atoms with Crippen LogP contribution in [0.2, 0.25) is 0 Å². The van der Waals surface area contributed by atoms with Crippen LogP contribution in [0.3, 0.4) is 0 Å². The van der Waals surface area contributed by atoms with Crippen molar-refractivity contribution in [2.75, 3.05) is 12.4 Å².